The summed E-state index contributed by atoms with van der Waals surface area (Å²) in [5, 5.41) is 3.06. The maximum atomic E-state index is 12.8. The van der Waals surface area contributed by atoms with Crippen LogP contribution in [0.2, 0.25) is 0 Å². The van der Waals surface area contributed by atoms with Crippen LogP contribution in [0.4, 0.5) is 5.69 Å². The summed E-state index contributed by atoms with van der Waals surface area (Å²) in [5.74, 6) is 0.137. The molecular formula is C23H28N2O3. The van der Waals surface area contributed by atoms with E-state index in [2.05, 4.69) is 24.4 Å². The number of ether oxygens (including phenoxy) is 1. The number of nitrogens with zero attached hydrogens (tertiary/aromatic N) is 1. The Morgan fingerprint density at radius 1 is 1.25 bits per heavy atom. The van der Waals surface area contributed by atoms with Crippen LogP contribution in [-0.2, 0) is 16.0 Å². The van der Waals surface area contributed by atoms with E-state index in [0.29, 0.717) is 12.3 Å². The van der Waals surface area contributed by atoms with E-state index in [0.717, 1.165) is 23.2 Å². The molecule has 3 rings (SSSR count). The second-order valence-corrected chi connectivity index (χ2v) is 7.41. The molecule has 0 radical (unpaired) electrons. The van der Waals surface area contributed by atoms with Gasteiger partial charge in [0.05, 0.1) is 24.8 Å². The highest BCUT2D eigenvalue weighted by atomic mass is 16.5. The topological polar surface area (TPSA) is 58.6 Å². The number of amides is 2. The Balaban J connectivity index is 1.69. The molecule has 1 N–H and O–H groups in total. The molecule has 1 aliphatic rings. The van der Waals surface area contributed by atoms with Gasteiger partial charge in [-0.2, -0.15) is 0 Å². The summed E-state index contributed by atoms with van der Waals surface area (Å²) in [7, 11) is 1.59. The highest BCUT2D eigenvalue weighted by Gasteiger charge is 2.36. The van der Waals surface area contributed by atoms with Gasteiger partial charge in [0.15, 0.2) is 0 Å². The van der Waals surface area contributed by atoms with Crippen molar-refractivity contribution in [3.63, 3.8) is 0 Å². The number of hydrogen-bond acceptors (Lipinski definition) is 3. The molecule has 1 aliphatic heterocycles. The van der Waals surface area contributed by atoms with E-state index in [1.165, 1.54) is 5.56 Å². The third-order valence-corrected chi connectivity index (χ3v) is 5.37. The third-order valence-electron chi connectivity index (χ3n) is 5.37. The van der Waals surface area contributed by atoms with E-state index >= 15 is 0 Å². The van der Waals surface area contributed by atoms with Crippen LogP contribution in [-0.4, -0.2) is 25.5 Å². The van der Waals surface area contributed by atoms with Crippen LogP contribution in [0.15, 0.2) is 42.5 Å². The fourth-order valence-electron chi connectivity index (χ4n) is 3.58. The summed E-state index contributed by atoms with van der Waals surface area (Å²) in [4.78, 5) is 27.0. The average molecular weight is 380 g/mol. The molecule has 2 atom stereocenters. The van der Waals surface area contributed by atoms with Crippen molar-refractivity contribution in [3.8, 4) is 5.75 Å². The highest BCUT2D eigenvalue weighted by Crippen LogP contribution is 2.34. The number of anilines is 1. The van der Waals surface area contributed by atoms with Crippen molar-refractivity contribution in [2.45, 2.75) is 39.7 Å². The Bertz CT molecular complexity index is 861. The molecule has 2 aromatic carbocycles. The maximum Gasteiger partial charge on any atom is 0.227 e. The molecule has 0 aliphatic carbocycles. The second-order valence-electron chi connectivity index (χ2n) is 7.41. The van der Waals surface area contributed by atoms with E-state index in [1.807, 2.05) is 44.2 Å². The van der Waals surface area contributed by atoms with Crippen molar-refractivity contribution in [2.75, 3.05) is 18.6 Å². The minimum absolute atomic E-state index is 0.0519. The molecule has 5 heteroatoms. The number of carbonyl (C=O) groups excluding carboxylic acids is 2. The summed E-state index contributed by atoms with van der Waals surface area (Å²) in [6.45, 7) is 6.43. The molecule has 2 aromatic rings. The van der Waals surface area contributed by atoms with Crippen molar-refractivity contribution in [2.24, 2.45) is 5.92 Å². The van der Waals surface area contributed by atoms with Crippen molar-refractivity contribution >= 4 is 17.5 Å². The van der Waals surface area contributed by atoms with Gasteiger partial charge < -0.3 is 15.0 Å². The Kier molecular flexibility index (Phi) is 6.02. The predicted molar refractivity (Wildman–Crippen MR) is 111 cm³/mol. The lowest BCUT2D eigenvalue weighted by atomic mass is 10.0. The molecular weight excluding hydrogens is 352 g/mol. The first-order valence-corrected chi connectivity index (χ1v) is 9.77. The zero-order chi connectivity index (χ0) is 20.3. The third kappa shape index (κ3) is 4.19. The van der Waals surface area contributed by atoms with Gasteiger partial charge >= 0.3 is 0 Å². The molecule has 1 saturated heterocycles. The molecule has 28 heavy (non-hydrogen) atoms. The van der Waals surface area contributed by atoms with Crippen molar-refractivity contribution in [1.82, 2.24) is 5.32 Å². The molecule has 1 fully saturated rings. The fraction of sp³-hybridized carbons (Fsp3) is 0.391. The summed E-state index contributed by atoms with van der Waals surface area (Å²) >= 11 is 0. The van der Waals surface area contributed by atoms with Crippen molar-refractivity contribution in [3.05, 3.63) is 59.2 Å². The van der Waals surface area contributed by atoms with E-state index in [-0.39, 0.29) is 30.2 Å². The van der Waals surface area contributed by atoms with Crippen LogP contribution in [0, 0.1) is 12.8 Å². The first kappa shape index (κ1) is 19.9. The number of carbonyl (C=O) groups is 2. The van der Waals surface area contributed by atoms with Gasteiger partial charge in [-0.3, -0.25) is 9.59 Å². The molecule has 0 bridgehead atoms. The van der Waals surface area contributed by atoms with Crippen LogP contribution >= 0.6 is 0 Å². The zero-order valence-corrected chi connectivity index (χ0v) is 17.0. The monoisotopic (exact) mass is 380 g/mol. The number of rotatable bonds is 6. The normalized spacial score (nSPS) is 17.5. The number of methoxy groups -OCH3 is 1. The van der Waals surface area contributed by atoms with E-state index in [1.54, 1.807) is 12.0 Å². The first-order valence-electron chi connectivity index (χ1n) is 9.77. The first-order chi connectivity index (χ1) is 13.4. The Labute approximate surface area is 166 Å². The smallest absolute Gasteiger partial charge is 0.227 e. The van der Waals surface area contributed by atoms with Gasteiger partial charge in [-0.05, 0) is 49.1 Å². The quantitative estimate of drug-likeness (QED) is 0.829. The fourth-order valence-corrected chi connectivity index (χ4v) is 3.58. The van der Waals surface area contributed by atoms with Gasteiger partial charge in [0.2, 0.25) is 11.8 Å². The summed E-state index contributed by atoms with van der Waals surface area (Å²) in [6.07, 6.45) is 1.20. The molecule has 2 unspecified atom stereocenters. The van der Waals surface area contributed by atoms with Gasteiger partial charge in [-0.15, -0.1) is 0 Å². The standard InChI is InChI=1S/C23H28N2O3/c1-5-17-7-9-18(10-8-17)16(3)24-23(27)19-13-22(26)25(14-19)20-12-15(2)6-11-21(20)28-4/h6-12,16,19H,5,13-14H2,1-4H3,(H,24,27). The van der Waals surface area contributed by atoms with E-state index < -0.39 is 0 Å². The van der Waals surface area contributed by atoms with Crippen molar-refractivity contribution in [1.29, 1.82) is 0 Å². The van der Waals surface area contributed by atoms with Crippen LogP contribution in [0.1, 0.15) is 43.0 Å². The molecule has 5 nitrogen and oxygen atoms in total. The van der Waals surface area contributed by atoms with Gasteiger partial charge in [0.25, 0.3) is 0 Å². The SMILES string of the molecule is CCc1ccc(C(C)NC(=O)C2CC(=O)N(c3cc(C)ccc3OC)C2)cc1. The summed E-state index contributed by atoms with van der Waals surface area (Å²) in [6, 6.07) is 13.9. The highest BCUT2D eigenvalue weighted by molar-refractivity contribution is 6.01. The Morgan fingerprint density at radius 3 is 2.61 bits per heavy atom. The van der Waals surface area contributed by atoms with Crippen LogP contribution in [0.25, 0.3) is 0 Å². The summed E-state index contributed by atoms with van der Waals surface area (Å²) < 4.78 is 5.40. The molecule has 1 heterocycles. The molecule has 148 valence electrons. The number of benzene rings is 2. The molecule has 2 amide bonds. The lowest BCUT2D eigenvalue weighted by molar-refractivity contribution is -0.126. The Morgan fingerprint density at radius 2 is 1.96 bits per heavy atom. The van der Waals surface area contributed by atoms with Gasteiger partial charge in [-0.1, -0.05) is 37.3 Å². The van der Waals surface area contributed by atoms with Crippen LogP contribution in [0.5, 0.6) is 5.75 Å². The number of nitrogens with one attached hydrogen (secondary N) is 1. The maximum absolute atomic E-state index is 12.8. The predicted octanol–water partition coefficient (Wildman–Crippen LogP) is 3.80. The molecule has 0 aromatic heterocycles. The second kappa shape index (κ2) is 8.46. The zero-order valence-electron chi connectivity index (χ0n) is 17.0. The Hall–Kier alpha value is -2.82. The molecule has 0 spiro atoms. The van der Waals surface area contributed by atoms with Crippen LogP contribution in [0.3, 0.4) is 0 Å². The van der Waals surface area contributed by atoms with Gasteiger partial charge in [-0.25, -0.2) is 0 Å². The lowest BCUT2D eigenvalue weighted by Crippen LogP contribution is -2.34. The molecule has 0 saturated carbocycles. The minimum Gasteiger partial charge on any atom is -0.495 e. The number of aryl methyl sites for hydroxylation is 2. The minimum atomic E-state index is -0.366. The van der Waals surface area contributed by atoms with E-state index in [9.17, 15) is 9.59 Å². The van der Waals surface area contributed by atoms with Gasteiger partial charge in [0.1, 0.15) is 5.75 Å². The summed E-state index contributed by atoms with van der Waals surface area (Å²) in [5.41, 5.74) is 4.10. The van der Waals surface area contributed by atoms with E-state index in [4.69, 9.17) is 4.74 Å². The van der Waals surface area contributed by atoms with Crippen LogP contribution < -0.4 is 15.0 Å². The average Bonchev–Trinajstić information content (AvgIpc) is 3.09. The van der Waals surface area contributed by atoms with Gasteiger partial charge in [0, 0.05) is 13.0 Å². The lowest BCUT2D eigenvalue weighted by Gasteiger charge is -2.21. The van der Waals surface area contributed by atoms with Crippen molar-refractivity contribution < 1.29 is 14.3 Å². The largest absolute Gasteiger partial charge is 0.495 e. The number of hydrogen-bond donors (Lipinski definition) is 1.